The third-order valence-corrected chi connectivity index (χ3v) is 4.01. The van der Waals surface area contributed by atoms with E-state index in [-0.39, 0.29) is 0 Å². The standard InChI is InChI=1S/C13H18N2S/c1-3-4-10(8-14)13-15-11-6-5-9(2)7-12(11)16-13/h5-7,10H,3-4,8,14H2,1-2H3. The molecule has 0 saturated heterocycles. The maximum absolute atomic E-state index is 5.81. The molecule has 0 aliphatic carbocycles. The second kappa shape index (κ2) is 4.93. The molecule has 0 radical (unpaired) electrons. The average Bonchev–Trinajstić information content (AvgIpc) is 2.68. The highest BCUT2D eigenvalue weighted by Gasteiger charge is 2.13. The van der Waals surface area contributed by atoms with E-state index in [2.05, 4.69) is 37.0 Å². The summed E-state index contributed by atoms with van der Waals surface area (Å²) in [6.45, 7) is 5.01. The summed E-state index contributed by atoms with van der Waals surface area (Å²) < 4.78 is 1.28. The van der Waals surface area contributed by atoms with Crippen molar-refractivity contribution in [2.75, 3.05) is 6.54 Å². The summed E-state index contributed by atoms with van der Waals surface area (Å²) in [5, 5.41) is 1.20. The number of benzene rings is 1. The molecule has 1 heterocycles. The van der Waals surface area contributed by atoms with Gasteiger partial charge in [0.15, 0.2) is 0 Å². The minimum absolute atomic E-state index is 0.433. The Labute approximate surface area is 101 Å². The number of nitrogens with zero attached hydrogens (tertiary/aromatic N) is 1. The Kier molecular flexibility index (Phi) is 3.56. The number of hydrogen-bond acceptors (Lipinski definition) is 3. The molecule has 0 aliphatic rings. The van der Waals surface area contributed by atoms with Crippen LogP contribution in [0.2, 0.25) is 0 Å². The Morgan fingerprint density at radius 1 is 1.44 bits per heavy atom. The summed E-state index contributed by atoms with van der Waals surface area (Å²) >= 11 is 1.79. The second-order valence-electron chi connectivity index (χ2n) is 4.24. The molecule has 0 aliphatic heterocycles. The number of nitrogens with two attached hydrogens (primary N) is 1. The fraction of sp³-hybridized carbons (Fsp3) is 0.462. The van der Waals surface area contributed by atoms with Crippen molar-refractivity contribution in [1.29, 1.82) is 0 Å². The normalized spacial score (nSPS) is 13.2. The molecule has 1 atom stereocenters. The number of aromatic nitrogens is 1. The van der Waals surface area contributed by atoms with Crippen LogP contribution in [0.1, 0.15) is 36.3 Å². The molecule has 2 nitrogen and oxygen atoms in total. The number of aryl methyl sites for hydroxylation is 1. The van der Waals surface area contributed by atoms with Gasteiger partial charge in [-0.05, 0) is 31.0 Å². The van der Waals surface area contributed by atoms with Crippen LogP contribution in [0.15, 0.2) is 18.2 Å². The molecule has 3 heteroatoms. The van der Waals surface area contributed by atoms with Gasteiger partial charge in [-0.3, -0.25) is 0 Å². The topological polar surface area (TPSA) is 38.9 Å². The molecule has 16 heavy (non-hydrogen) atoms. The van der Waals surface area contributed by atoms with Gasteiger partial charge in [-0.15, -0.1) is 11.3 Å². The van der Waals surface area contributed by atoms with Gasteiger partial charge in [0.25, 0.3) is 0 Å². The van der Waals surface area contributed by atoms with Crippen LogP contribution < -0.4 is 5.73 Å². The van der Waals surface area contributed by atoms with Gasteiger partial charge in [0.1, 0.15) is 0 Å². The van der Waals surface area contributed by atoms with Gasteiger partial charge in [-0.2, -0.15) is 0 Å². The Morgan fingerprint density at radius 3 is 2.94 bits per heavy atom. The molecule has 1 unspecified atom stereocenters. The Hall–Kier alpha value is -0.930. The molecule has 2 rings (SSSR count). The van der Waals surface area contributed by atoms with Crippen LogP contribution >= 0.6 is 11.3 Å². The molecule has 1 aromatic carbocycles. The average molecular weight is 234 g/mol. The van der Waals surface area contributed by atoms with Gasteiger partial charge in [0.2, 0.25) is 0 Å². The van der Waals surface area contributed by atoms with E-state index in [0.717, 1.165) is 18.4 Å². The Bertz CT molecular complexity index is 476. The lowest BCUT2D eigenvalue weighted by atomic mass is 10.1. The molecule has 1 aromatic heterocycles. The first-order valence-electron chi connectivity index (χ1n) is 5.81. The minimum Gasteiger partial charge on any atom is -0.330 e. The van der Waals surface area contributed by atoms with Gasteiger partial charge >= 0.3 is 0 Å². The van der Waals surface area contributed by atoms with Crippen molar-refractivity contribution in [3.8, 4) is 0 Å². The first-order valence-corrected chi connectivity index (χ1v) is 6.63. The first kappa shape index (κ1) is 11.6. The smallest absolute Gasteiger partial charge is 0.0982 e. The number of fused-ring (bicyclic) bond motifs is 1. The predicted octanol–water partition coefficient (Wildman–Crippen LogP) is 3.45. The molecular formula is C13H18N2S. The third kappa shape index (κ3) is 2.25. The van der Waals surface area contributed by atoms with E-state index < -0.39 is 0 Å². The van der Waals surface area contributed by atoms with Crippen molar-refractivity contribution in [2.24, 2.45) is 5.73 Å². The molecule has 0 saturated carbocycles. The lowest BCUT2D eigenvalue weighted by Gasteiger charge is -2.08. The van der Waals surface area contributed by atoms with Gasteiger partial charge in [-0.25, -0.2) is 4.98 Å². The van der Waals surface area contributed by atoms with Gasteiger partial charge < -0.3 is 5.73 Å². The zero-order valence-corrected chi connectivity index (χ0v) is 10.7. The van der Waals surface area contributed by atoms with Crippen LogP contribution in [0.4, 0.5) is 0 Å². The summed E-state index contributed by atoms with van der Waals surface area (Å²) in [4.78, 5) is 4.68. The predicted molar refractivity (Wildman–Crippen MR) is 71.1 cm³/mol. The van der Waals surface area contributed by atoms with Gasteiger partial charge in [-0.1, -0.05) is 19.4 Å². The summed E-state index contributed by atoms with van der Waals surface area (Å²) in [7, 11) is 0. The molecule has 0 spiro atoms. The third-order valence-electron chi connectivity index (χ3n) is 2.83. The Morgan fingerprint density at radius 2 is 2.25 bits per heavy atom. The van der Waals surface area contributed by atoms with E-state index in [1.807, 2.05) is 0 Å². The fourth-order valence-electron chi connectivity index (χ4n) is 1.91. The van der Waals surface area contributed by atoms with Crippen LogP contribution in [0.3, 0.4) is 0 Å². The maximum atomic E-state index is 5.81. The molecule has 0 amide bonds. The van der Waals surface area contributed by atoms with Crippen LogP contribution in [0, 0.1) is 6.92 Å². The largest absolute Gasteiger partial charge is 0.330 e. The molecule has 0 bridgehead atoms. The molecule has 86 valence electrons. The molecule has 2 N–H and O–H groups in total. The summed E-state index contributed by atoms with van der Waals surface area (Å²) in [5.74, 6) is 0.433. The van der Waals surface area contributed by atoms with E-state index in [9.17, 15) is 0 Å². The lowest BCUT2D eigenvalue weighted by Crippen LogP contribution is -2.11. The maximum Gasteiger partial charge on any atom is 0.0982 e. The highest BCUT2D eigenvalue weighted by atomic mass is 32.1. The van der Waals surface area contributed by atoms with Crippen LogP contribution in [-0.2, 0) is 0 Å². The highest BCUT2D eigenvalue weighted by molar-refractivity contribution is 7.18. The SMILES string of the molecule is CCCC(CN)c1nc2ccc(C)cc2s1. The number of rotatable bonds is 4. The van der Waals surface area contributed by atoms with E-state index in [4.69, 9.17) is 5.73 Å². The minimum atomic E-state index is 0.433. The summed E-state index contributed by atoms with van der Waals surface area (Å²) in [6.07, 6.45) is 2.30. The van der Waals surface area contributed by atoms with Gasteiger partial charge in [0.05, 0.1) is 15.2 Å². The van der Waals surface area contributed by atoms with Crippen molar-refractivity contribution in [1.82, 2.24) is 4.98 Å². The van der Waals surface area contributed by atoms with Crippen molar-refractivity contribution < 1.29 is 0 Å². The van der Waals surface area contributed by atoms with Crippen LogP contribution in [0.25, 0.3) is 10.2 Å². The molecule has 0 fully saturated rings. The molecular weight excluding hydrogens is 216 g/mol. The number of hydrogen-bond donors (Lipinski definition) is 1. The fourth-order valence-corrected chi connectivity index (χ4v) is 3.13. The van der Waals surface area contributed by atoms with Crippen molar-refractivity contribution in [2.45, 2.75) is 32.6 Å². The quantitative estimate of drug-likeness (QED) is 0.880. The monoisotopic (exact) mass is 234 g/mol. The number of thiazole rings is 1. The van der Waals surface area contributed by atoms with E-state index >= 15 is 0 Å². The van der Waals surface area contributed by atoms with Crippen molar-refractivity contribution in [3.63, 3.8) is 0 Å². The summed E-state index contributed by atoms with van der Waals surface area (Å²) in [6, 6.07) is 6.42. The highest BCUT2D eigenvalue weighted by Crippen LogP contribution is 2.30. The summed E-state index contributed by atoms with van der Waals surface area (Å²) in [5.41, 5.74) is 8.21. The van der Waals surface area contributed by atoms with Gasteiger partial charge in [0, 0.05) is 12.5 Å². The second-order valence-corrected chi connectivity index (χ2v) is 5.31. The lowest BCUT2D eigenvalue weighted by molar-refractivity contribution is 0.620. The van der Waals surface area contributed by atoms with Crippen LogP contribution in [0.5, 0.6) is 0 Å². The zero-order valence-electron chi connectivity index (χ0n) is 9.86. The Balaban J connectivity index is 2.37. The van der Waals surface area contributed by atoms with Crippen molar-refractivity contribution in [3.05, 3.63) is 28.8 Å². The van der Waals surface area contributed by atoms with Crippen LogP contribution in [-0.4, -0.2) is 11.5 Å². The van der Waals surface area contributed by atoms with E-state index in [1.54, 1.807) is 11.3 Å². The molecule has 2 aromatic rings. The van der Waals surface area contributed by atoms with E-state index in [1.165, 1.54) is 15.3 Å². The van der Waals surface area contributed by atoms with Crippen molar-refractivity contribution >= 4 is 21.6 Å². The zero-order chi connectivity index (χ0) is 11.5. The van der Waals surface area contributed by atoms with E-state index in [0.29, 0.717) is 12.5 Å². The first-order chi connectivity index (χ1) is 7.74.